The molecule has 0 unspecified atom stereocenters. The van der Waals surface area contributed by atoms with Gasteiger partial charge in [0, 0.05) is 16.7 Å². The summed E-state index contributed by atoms with van der Waals surface area (Å²) in [6, 6.07) is 10.1. The van der Waals surface area contributed by atoms with Crippen LogP contribution in [0, 0.1) is 0 Å². The van der Waals surface area contributed by atoms with E-state index in [-0.39, 0.29) is 6.09 Å². The minimum atomic E-state index is -0.445. The first kappa shape index (κ1) is 14.9. The quantitative estimate of drug-likeness (QED) is 0.845. The SMILES string of the molecule is C[C@H](CNC(=O)OC(C)(C)C)Sc1ccccc1. The molecule has 0 saturated heterocycles. The van der Waals surface area contributed by atoms with E-state index in [1.54, 1.807) is 11.8 Å². The summed E-state index contributed by atoms with van der Waals surface area (Å²) in [5.74, 6) is 0. The van der Waals surface area contributed by atoms with Crippen LogP contribution in [-0.4, -0.2) is 23.5 Å². The van der Waals surface area contributed by atoms with Crippen LogP contribution in [0.2, 0.25) is 0 Å². The maximum Gasteiger partial charge on any atom is 0.407 e. The number of thioether (sulfide) groups is 1. The van der Waals surface area contributed by atoms with E-state index < -0.39 is 5.60 Å². The number of benzene rings is 1. The molecule has 3 nitrogen and oxygen atoms in total. The molecule has 1 rings (SSSR count). The van der Waals surface area contributed by atoms with E-state index in [1.165, 1.54) is 4.90 Å². The van der Waals surface area contributed by atoms with Gasteiger partial charge in [0.25, 0.3) is 0 Å². The highest BCUT2D eigenvalue weighted by atomic mass is 32.2. The van der Waals surface area contributed by atoms with Crippen LogP contribution in [0.3, 0.4) is 0 Å². The van der Waals surface area contributed by atoms with Crippen molar-refractivity contribution in [2.45, 2.75) is 43.4 Å². The lowest BCUT2D eigenvalue weighted by atomic mass is 10.2. The second-order valence-corrected chi connectivity index (χ2v) is 6.64. The third kappa shape index (κ3) is 6.55. The third-order valence-electron chi connectivity index (χ3n) is 2.01. The van der Waals surface area contributed by atoms with Crippen LogP contribution in [-0.2, 0) is 4.74 Å². The number of carbonyl (C=O) groups is 1. The Kier molecular flexibility index (Phi) is 5.54. The van der Waals surface area contributed by atoms with E-state index in [0.29, 0.717) is 11.8 Å². The van der Waals surface area contributed by atoms with Crippen LogP contribution in [0.1, 0.15) is 27.7 Å². The average molecular weight is 267 g/mol. The Bertz CT molecular complexity index is 373. The fourth-order valence-corrected chi connectivity index (χ4v) is 2.26. The summed E-state index contributed by atoms with van der Waals surface area (Å²) >= 11 is 1.73. The van der Waals surface area contributed by atoms with Crippen molar-refractivity contribution >= 4 is 17.9 Å². The van der Waals surface area contributed by atoms with Crippen LogP contribution in [0.15, 0.2) is 35.2 Å². The number of alkyl carbamates (subject to hydrolysis) is 1. The molecule has 100 valence electrons. The minimum absolute atomic E-state index is 0.305. The zero-order valence-electron chi connectivity index (χ0n) is 11.4. The van der Waals surface area contributed by atoms with Gasteiger partial charge in [0.1, 0.15) is 5.60 Å². The number of nitrogens with one attached hydrogen (secondary N) is 1. The number of hydrogen-bond acceptors (Lipinski definition) is 3. The highest BCUT2D eigenvalue weighted by Gasteiger charge is 2.16. The standard InChI is InChI=1S/C14H21NO2S/c1-11(18-12-8-6-5-7-9-12)10-15-13(16)17-14(2,3)4/h5-9,11H,10H2,1-4H3,(H,15,16)/t11-/m1/s1. The molecule has 0 aliphatic heterocycles. The van der Waals surface area contributed by atoms with Crippen molar-refractivity contribution in [1.82, 2.24) is 5.32 Å². The summed E-state index contributed by atoms with van der Waals surface area (Å²) in [6.07, 6.45) is -0.358. The van der Waals surface area contributed by atoms with Crippen LogP contribution in [0.25, 0.3) is 0 Å². The fourth-order valence-electron chi connectivity index (χ4n) is 1.31. The molecular weight excluding hydrogens is 246 g/mol. The van der Waals surface area contributed by atoms with E-state index in [2.05, 4.69) is 24.4 Å². The van der Waals surface area contributed by atoms with Crippen molar-refractivity contribution < 1.29 is 9.53 Å². The van der Waals surface area contributed by atoms with Crippen LogP contribution >= 0.6 is 11.8 Å². The summed E-state index contributed by atoms with van der Waals surface area (Å²) in [4.78, 5) is 12.7. The molecule has 4 heteroatoms. The van der Waals surface area contributed by atoms with E-state index in [4.69, 9.17) is 4.74 Å². The highest BCUT2D eigenvalue weighted by molar-refractivity contribution is 8.00. The molecule has 0 saturated carbocycles. The predicted molar refractivity (Wildman–Crippen MR) is 76.0 cm³/mol. The molecule has 0 bridgehead atoms. The lowest BCUT2D eigenvalue weighted by Crippen LogP contribution is -2.35. The summed E-state index contributed by atoms with van der Waals surface area (Å²) in [5.41, 5.74) is -0.445. The summed E-state index contributed by atoms with van der Waals surface area (Å²) in [6.45, 7) is 8.24. The van der Waals surface area contributed by atoms with Crippen molar-refractivity contribution in [2.24, 2.45) is 0 Å². The number of carbonyl (C=O) groups excluding carboxylic acids is 1. The first-order valence-electron chi connectivity index (χ1n) is 6.05. The molecule has 0 aliphatic carbocycles. The monoisotopic (exact) mass is 267 g/mol. The Balaban J connectivity index is 2.29. The second-order valence-electron chi connectivity index (χ2n) is 5.12. The van der Waals surface area contributed by atoms with Crippen LogP contribution < -0.4 is 5.32 Å². The van der Waals surface area contributed by atoms with Crippen molar-refractivity contribution in [2.75, 3.05) is 6.54 Å². The van der Waals surface area contributed by atoms with Gasteiger partial charge in [0.15, 0.2) is 0 Å². The van der Waals surface area contributed by atoms with Gasteiger partial charge in [0.05, 0.1) is 0 Å². The minimum Gasteiger partial charge on any atom is -0.444 e. The highest BCUT2D eigenvalue weighted by Crippen LogP contribution is 2.21. The molecule has 1 amide bonds. The zero-order chi connectivity index (χ0) is 13.6. The largest absolute Gasteiger partial charge is 0.444 e. The maximum atomic E-state index is 11.5. The van der Waals surface area contributed by atoms with Gasteiger partial charge < -0.3 is 10.1 Å². The molecule has 0 spiro atoms. The molecule has 1 atom stereocenters. The summed E-state index contributed by atoms with van der Waals surface area (Å²) in [7, 11) is 0. The first-order chi connectivity index (χ1) is 8.37. The van der Waals surface area contributed by atoms with Crippen molar-refractivity contribution in [1.29, 1.82) is 0 Å². The van der Waals surface area contributed by atoms with Crippen molar-refractivity contribution in [3.05, 3.63) is 30.3 Å². The van der Waals surface area contributed by atoms with E-state index >= 15 is 0 Å². The average Bonchev–Trinajstić information content (AvgIpc) is 2.25. The molecule has 1 aromatic rings. The van der Waals surface area contributed by atoms with Crippen molar-refractivity contribution in [3.63, 3.8) is 0 Å². The smallest absolute Gasteiger partial charge is 0.407 e. The predicted octanol–water partition coefficient (Wildman–Crippen LogP) is 3.69. The maximum absolute atomic E-state index is 11.5. The van der Waals surface area contributed by atoms with Gasteiger partial charge in [-0.25, -0.2) is 4.79 Å². The lowest BCUT2D eigenvalue weighted by Gasteiger charge is -2.20. The number of ether oxygens (including phenoxy) is 1. The van der Waals surface area contributed by atoms with Gasteiger partial charge in [-0.2, -0.15) is 0 Å². The van der Waals surface area contributed by atoms with Gasteiger partial charge >= 0.3 is 6.09 Å². The molecule has 0 fully saturated rings. The van der Waals surface area contributed by atoms with Gasteiger partial charge in [-0.3, -0.25) is 0 Å². The Morgan fingerprint density at radius 2 is 1.94 bits per heavy atom. The summed E-state index contributed by atoms with van der Waals surface area (Å²) < 4.78 is 5.18. The number of rotatable bonds is 4. The molecule has 0 radical (unpaired) electrons. The van der Waals surface area contributed by atoms with Gasteiger partial charge in [0.2, 0.25) is 0 Å². The Morgan fingerprint density at radius 1 is 1.33 bits per heavy atom. The first-order valence-corrected chi connectivity index (χ1v) is 6.93. The van der Waals surface area contributed by atoms with Crippen molar-refractivity contribution in [3.8, 4) is 0 Å². The molecule has 0 aromatic heterocycles. The number of hydrogen-bond donors (Lipinski definition) is 1. The van der Waals surface area contributed by atoms with Gasteiger partial charge in [-0.15, -0.1) is 11.8 Å². The van der Waals surface area contributed by atoms with Crippen LogP contribution in [0.4, 0.5) is 4.79 Å². The fraction of sp³-hybridized carbons (Fsp3) is 0.500. The summed E-state index contributed by atoms with van der Waals surface area (Å²) in [5, 5.41) is 3.08. The Hall–Kier alpha value is -1.16. The molecule has 0 heterocycles. The van der Waals surface area contributed by atoms with Crippen LogP contribution in [0.5, 0.6) is 0 Å². The third-order valence-corrected chi connectivity index (χ3v) is 3.13. The van der Waals surface area contributed by atoms with Gasteiger partial charge in [-0.1, -0.05) is 25.1 Å². The number of amides is 1. The lowest BCUT2D eigenvalue weighted by molar-refractivity contribution is 0.0528. The zero-order valence-corrected chi connectivity index (χ0v) is 12.2. The molecular formula is C14H21NO2S. The molecule has 1 aromatic carbocycles. The molecule has 18 heavy (non-hydrogen) atoms. The van der Waals surface area contributed by atoms with E-state index in [0.717, 1.165) is 0 Å². The Morgan fingerprint density at radius 3 is 2.50 bits per heavy atom. The second kappa shape index (κ2) is 6.69. The van der Waals surface area contributed by atoms with E-state index in [9.17, 15) is 4.79 Å². The van der Waals surface area contributed by atoms with Gasteiger partial charge in [-0.05, 0) is 32.9 Å². The topological polar surface area (TPSA) is 38.3 Å². The molecule has 0 aliphatic rings. The van der Waals surface area contributed by atoms with E-state index in [1.807, 2.05) is 39.0 Å². The Labute approximate surface area is 113 Å². The normalized spacial score (nSPS) is 12.9. The molecule has 1 N–H and O–H groups in total.